The molecule has 40 heavy (non-hydrogen) atoms. The Bertz CT molecular complexity index is 1300. The molecule has 7 heteroatoms. The number of hydrogen-bond acceptors (Lipinski definition) is 6. The van der Waals surface area contributed by atoms with E-state index in [0.29, 0.717) is 6.42 Å². The van der Waals surface area contributed by atoms with E-state index in [0.717, 1.165) is 27.8 Å². The van der Waals surface area contributed by atoms with E-state index in [2.05, 4.69) is 75.6 Å². The van der Waals surface area contributed by atoms with Crippen LogP contribution < -0.4 is 5.32 Å². The monoisotopic (exact) mass is 559 g/mol. The van der Waals surface area contributed by atoms with E-state index in [-0.39, 0.29) is 17.4 Å². The van der Waals surface area contributed by atoms with Crippen LogP contribution in [0, 0.1) is 0 Å². The fourth-order valence-electron chi connectivity index (χ4n) is 5.35. The molecule has 0 heterocycles. The number of rotatable bonds is 10. The summed E-state index contributed by atoms with van der Waals surface area (Å²) in [6.07, 6.45) is -0.204. The van der Waals surface area contributed by atoms with Gasteiger partial charge in [0.1, 0.15) is 6.04 Å². The molecule has 0 amide bonds. The third-order valence-corrected chi connectivity index (χ3v) is 13.0. The van der Waals surface area contributed by atoms with Gasteiger partial charge in [-0.2, -0.15) is 0 Å². The van der Waals surface area contributed by atoms with Gasteiger partial charge in [-0.1, -0.05) is 99.6 Å². The summed E-state index contributed by atoms with van der Waals surface area (Å²) in [6.45, 7) is 10.8. The molecule has 1 aliphatic rings. The highest BCUT2D eigenvalue weighted by Gasteiger charge is 2.50. The van der Waals surface area contributed by atoms with Gasteiger partial charge in [-0.15, -0.1) is 0 Å². The summed E-state index contributed by atoms with van der Waals surface area (Å²) in [7, 11) is 0.395. The molecule has 3 aromatic rings. The Hall–Kier alpha value is -3.26. The number of nitrogens with one attached hydrogen (secondary N) is 1. The second-order valence-corrected chi connectivity index (χ2v) is 16.6. The van der Waals surface area contributed by atoms with E-state index < -0.39 is 32.0 Å². The van der Waals surface area contributed by atoms with E-state index >= 15 is 0 Å². The molecule has 1 aliphatic carbocycles. The molecule has 0 radical (unpaired) electrons. The lowest BCUT2D eigenvalue weighted by Gasteiger charge is -2.44. The Balaban J connectivity index is 1.92. The van der Waals surface area contributed by atoms with Crippen LogP contribution in [-0.4, -0.2) is 46.6 Å². The zero-order valence-corrected chi connectivity index (χ0v) is 25.6. The summed E-state index contributed by atoms with van der Waals surface area (Å²) in [5, 5.41) is 3.69. The first-order valence-corrected chi connectivity index (χ1v) is 16.7. The zero-order chi connectivity index (χ0) is 29.1. The van der Waals surface area contributed by atoms with Gasteiger partial charge >= 0.3 is 11.9 Å². The molecule has 3 aromatic carbocycles. The Morgan fingerprint density at radius 1 is 0.825 bits per heavy atom. The third-order valence-electron chi connectivity index (χ3n) is 8.47. The molecule has 6 nitrogen and oxygen atoms in total. The van der Waals surface area contributed by atoms with Gasteiger partial charge in [0.15, 0.2) is 8.32 Å². The molecule has 0 spiro atoms. The van der Waals surface area contributed by atoms with Gasteiger partial charge in [-0.3, -0.25) is 14.9 Å². The first-order valence-electron chi connectivity index (χ1n) is 13.8. The first kappa shape index (κ1) is 29.7. The van der Waals surface area contributed by atoms with Crippen molar-refractivity contribution >= 4 is 20.3 Å². The number of fused-ring (bicyclic) bond motifs is 3. The molecule has 212 valence electrons. The maximum absolute atomic E-state index is 13.7. The minimum absolute atomic E-state index is 0.110. The molecule has 0 saturated heterocycles. The molecule has 0 bridgehead atoms. The van der Waals surface area contributed by atoms with Crippen LogP contribution in [0.15, 0.2) is 78.9 Å². The molecule has 0 fully saturated rings. The second kappa shape index (κ2) is 11.7. The third kappa shape index (κ3) is 5.51. The van der Waals surface area contributed by atoms with Crippen molar-refractivity contribution in [1.82, 2.24) is 5.32 Å². The molecular formula is C33H41NO5Si. The SMILES string of the molecule is COC(=O)CC[C@H](O[Si](C)(C)C(C)(C)C)[C@H](NC1(c2ccccc2)c2ccccc2-c2ccccc21)C(=O)OC. The lowest BCUT2D eigenvalue weighted by molar-refractivity contribution is -0.148. The van der Waals surface area contributed by atoms with E-state index in [4.69, 9.17) is 13.9 Å². The van der Waals surface area contributed by atoms with Crippen LogP contribution in [-0.2, 0) is 29.0 Å². The van der Waals surface area contributed by atoms with Gasteiger partial charge < -0.3 is 13.9 Å². The Morgan fingerprint density at radius 3 is 1.85 bits per heavy atom. The molecule has 2 atom stereocenters. The van der Waals surface area contributed by atoms with Gasteiger partial charge in [-0.25, -0.2) is 0 Å². The van der Waals surface area contributed by atoms with Crippen LogP contribution in [0.25, 0.3) is 11.1 Å². The normalized spacial score (nSPS) is 15.5. The number of methoxy groups -OCH3 is 2. The van der Waals surface area contributed by atoms with Crippen molar-refractivity contribution in [2.24, 2.45) is 0 Å². The van der Waals surface area contributed by atoms with Gasteiger partial charge in [0.2, 0.25) is 0 Å². The Kier molecular flexibility index (Phi) is 8.68. The summed E-state index contributed by atoms with van der Waals surface area (Å²) in [5.74, 6) is -0.785. The summed E-state index contributed by atoms with van der Waals surface area (Å²) >= 11 is 0. The maximum atomic E-state index is 13.7. The zero-order valence-electron chi connectivity index (χ0n) is 24.6. The number of esters is 2. The number of benzene rings is 3. The van der Waals surface area contributed by atoms with Crippen molar-refractivity contribution in [2.75, 3.05) is 14.2 Å². The Morgan fingerprint density at radius 2 is 1.35 bits per heavy atom. The first-order chi connectivity index (χ1) is 19.0. The molecule has 0 saturated carbocycles. The number of carbonyl (C=O) groups is 2. The predicted molar refractivity (Wildman–Crippen MR) is 160 cm³/mol. The summed E-state index contributed by atoms with van der Waals surface area (Å²) in [6, 6.07) is 25.9. The van der Waals surface area contributed by atoms with Crippen molar-refractivity contribution in [3.8, 4) is 11.1 Å². The maximum Gasteiger partial charge on any atom is 0.325 e. The van der Waals surface area contributed by atoms with Crippen LogP contribution in [0.5, 0.6) is 0 Å². The van der Waals surface area contributed by atoms with Gasteiger partial charge in [0.25, 0.3) is 0 Å². The summed E-state index contributed by atoms with van der Waals surface area (Å²) < 4.78 is 17.3. The van der Waals surface area contributed by atoms with Crippen LogP contribution in [0.4, 0.5) is 0 Å². The molecule has 0 aromatic heterocycles. The van der Waals surface area contributed by atoms with E-state index in [1.54, 1.807) is 0 Å². The fraction of sp³-hybridized carbons (Fsp3) is 0.394. The summed E-state index contributed by atoms with van der Waals surface area (Å²) in [4.78, 5) is 26.0. The molecule has 4 rings (SSSR count). The number of hydrogen-bond donors (Lipinski definition) is 1. The smallest absolute Gasteiger partial charge is 0.325 e. The number of carbonyl (C=O) groups excluding carboxylic acids is 2. The largest absolute Gasteiger partial charge is 0.469 e. The predicted octanol–water partition coefficient (Wildman–Crippen LogP) is 6.43. The average Bonchev–Trinajstić information content (AvgIpc) is 3.24. The van der Waals surface area contributed by atoms with Crippen LogP contribution in [0.3, 0.4) is 0 Å². The molecular weight excluding hydrogens is 518 g/mol. The second-order valence-electron chi connectivity index (χ2n) is 11.9. The van der Waals surface area contributed by atoms with Gasteiger partial charge in [-0.05, 0) is 52.4 Å². The highest BCUT2D eigenvalue weighted by atomic mass is 28.4. The Labute approximate surface area is 239 Å². The van der Waals surface area contributed by atoms with E-state index in [1.165, 1.54) is 14.2 Å². The highest BCUT2D eigenvalue weighted by molar-refractivity contribution is 6.74. The quantitative estimate of drug-likeness (QED) is 0.228. The standard InChI is InChI=1S/C33H41NO5Si/c1-32(2,3)40(6,7)39-28(21-22-29(35)37-4)30(31(36)38-5)34-33(23-15-9-8-10-16-23)26-19-13-11-17-24(26)25-18-12-14-20-27(25)33/h8-20,28,30,34H,21-22H2,1-7H3/t28-,30-/m0/s1. The van der Waals surface area contributed by atoms with Gasteiger partial charge in [0, 0.05) is 6.42 Å². The van der Waals surface area contributed by atoms with Crippen LogP contribution in [0.2, 0.25) is 18.1 Å². The van der Waals surface area contributed by atoms with Crippen molar-refractivity contribution in [2.45, 2.75) is 69.4 Å². The lowest BCUT2D eigenvalue weighted by Crippen LogP contribution is -2.59. The topological polar surface area (TPSA) is 73.9 Å². The lowest BCUT2D eigenvalue weighted by atomic mass is 9.79. The van der Waals surface area contributed by atoms with Crippen molar-refractivity contribution in [3.63, 3.8) is 0 Å². The average molecular weight is 560 g/mol. The minimum Gasteiger partial charge on any atom is -0.469 e. The van der Waals surface area contributed by atoms with Crippen molar-refractivity contribution in [1.29, 1.82) is 0 Å². The number of ether oxygens (including phenoxy) is 2. The molecule has 0 unspecified atom stereocenters. The van der Waals surface area contributed by atoms with Gasteiger partial charge in [0.05, 0.1) is 25.9 Å². The van der Waals surface area contributed by atoms with Crippen molar-refractivity contribution < 1.29 is 23.5 Å². The minimum atomic E-state index is -2.37. The highest BCUT2D eigenvalue weighted by Crippen LogP contribution is 2.51. The molecule has 1 N–H and O–H groups in total. The van der Waals surface area contributed by atoms with Crippen LogP contribution >= 0.6 is 0 Å². The fourth-order valence-corrected chi connectivity index (χ4v) is 6.71. The van der Waals surface area contributed by atoms with Crippen LogP contribution in [0.1, 0.15) is 50.3 Å². The van der Waals surface area contributed by atoms with E-state index in [1.807, 2.05) is 42.5 Å². The van der Waals surface area contributed by atoms with E-state index in [9.17, 15) is 9.59 Å². The van der Waals surface area contributed by atoms with Crippen molar-refractivity contribution in [3.05, 3.63) is 95.6 Å². The summed E-state index contributed by atoms with van der Waals surface area (Å²) in [5.41, 5.74) is 4.46. The molecule has 0 aliphatic heterocycles.